The Kier molecular flexibility index (Phi) is 3.77. The van der Waals surface area contributed by atoms with Crippen molar-refractivity contribution in [1.82, 2.24) is 14.6 Å². The van der Waals surface area contributed by atoms with Crippen molar-refractivity contribution in [3.63, 3.8) is 0 Å². The Balaban J connectivity index is 1.77. The van der Waals surface area contributed by atoms with E-state index in [2.05, 4.69) is 28.0 Å². The summed E-state index contributed by atoms with van der Waals surface area (Å²) in [6, 6.07) is 4.13. The number of esters is 1. The summed E-state index contributed by atoms with van der Waals surface area (Å²) < 4.78 is 6.97. The second kappa shape index (κ2) is 5.71. The SMILES string of the molecule is CCOC(=O)C1CCN(c2cc(C)cc3ncnn23)CC1. The molecule has 2 aromatic heterocycles. The average molecular weight is 288 g/mol. The molecule has 1 fully saturated rings. The zero-order valence-electron chi connectivity index (χ0n) is 12.5. The molecule has 3 heterocycles. The number of carbonyl (C=O) groups excluding carboxylic acids is 1. The van der Waals surface area contributed by atoms with Gasteiger partial charge in [-0.05, 0) is 44.4 Å². The van der Waals surface area contributed by atoms with Gasteiger partial charge in [-0.25, -0.2) is 4.98 Å². The molecule has 0 N–H and O–H groups in total. The summed E-state index contributed by atoms with van der Waals surface area (Å²) in [6.45, 7) is 6.03. The van der Waals surface area contributed by atoms with Gasteiger partial charge in [0.25, 0.3) is 0 Å². The Bertz CT molecular complexity index is 644. The molecule has 1 aliphatic rings. The molecule has 0 saturated carbocycles. The van der Waals surface area contributed by atoms with Crippen LogP contribution in [0.2, 0.25) is 0 Å². The molecular formula is C15H20N4O2. The number of anilines is 1. The van der Waals surface area contributed by atoms with Crippen LogP contribution in [0.1, 0.15) is 25.3 Å². The first-order valence-electron chi connectivity index (χ1n) is 7.41. The minimum absolute atomic E-state index is 0.0252. The predicted octanol–water partition coefficient (Wildman–Crippen LogP) is 1.82. The number of hydrogen-bond acceptors (Lipinski definition) is 5. The summed E-state index contributed by atoms with van der Waals surface area (Å²) in [7, 11) is 0. The van der Waals surface area contributed by atoms with Crippen LogP contribution in [-0.4, -0.2) is 40.3 Å². The number of piperidine rings is 1. The second-order valence-corrected chi connectivity index (χ2v) is 5.43. The van der Waals surface area contributed by atoms with Crippen LogP contribution in [0, 0.1) is 12.8 Å². The lowest BCUT2D eigenvalue weighted by molar-refractivity contribution is -0.148. The first-order valence-corrected chi connectivity index (χ1v) is 7.41. The van der Waals surface area contributed by atoms with Gasteiger partial charge < -0.3 is 9.64 Å². The number of fused-ring (bicyclic) bond motifs is 1. The van der Waals surface area contributed by atoms with Gasteiger partial charge in [-0.3, -0.25) is 4.79 Å². The van der Waals surface area contributed by atoms with Gasteiger partial charge in [0, 0.05) is 13.1 Å². The van der Waals surface area contributed by atoms with Crippen LogP contribution in [0.3, 0.4) is 0 Å². The molecule has 0 bridgehead atoms. The third kappa shape index (κ3) is 2.70. The van der Waals surface area contributed by atoms with Crippen molar-refractivity contribution in [2.45, 2.75) is 26.7 Å². The van der Waals surface area contributed by atoms with Crippen LogP contribution in [0.5, 0.6) is 0 Å². The predicted molar refractivity (Wildman–Crippen MR) is 79.3 cm³/mol. The van der Waals surface area contributed by atoms with Crippen LogP contribution >= 0.6 is 0 Å². The lowest BCUT2D eigenvalue weighted by Gasteiger charge is -2.32. The Labute approximate surface area is 123 Å². The fourth-order valence-electron chi connectivity index (χ4n) is 2.87. The topological polar surface area (TPSA) is 59.7 Å². The maximum Gasteiger partial charge on any atom is 0.309 e. The molecule has 112 valence electrons. The molecule has 0 aromatic carbocycles. The fraction of sp³-hybridized carbons (Fsp3) is 0.533. The van der Waals surface area contributed by atoms with Crippen LogP contribution in [-0.2, 0) is 9.53 Å². The van der Waals surface area contributed by atoms with E-state index in [1.807, 2.05) is 17.5 Å². The van der Waals surface area contributed by atoms with Gasteiger partial charge in [-0.2, -0.15) is 9.61 Å². The number of aryl methyl sites for hydroxylation is 1. The molecule has 1 aliphatic heterocycles. The van der Waals surface area contributed by atoms with Gasteiger partial charge in [-0.1, -0.05) is 0 Å². The summed E-state index contributed by atoms with van der Waals surface area (Å²) in [5, 5.41) is 4.29. The van der Waals surface area contributed by atoms with Crippen molar-refractivity contribution in [2.24, 2.45) is 5.92 Å². The van der Waals surface area contributed by atoms with Gasteiger partial charge in [0.05, 0.1) is 12.5 Å². The maximum atomic E-state index is 11.8. The largest absolute Gasteiger partial charge is 0.466 e. The number of rotatable bonds is 3. The Morgan fingerprint density at radius 1 is 1.38 bits per heavy atom. The molecule has 21 heavy (non-hydrogen) atoms. The third-order valence-electron chi connectivity index (χ3n) is 3.94. The van der Waals surface area contributed by atoms with E-state index >= 15 is 0 Å². The van der Waals surface area contributed by atoms with E-state index in [9.17, 15) is 4.79 Å². The smallest absolute Gasteiger partial charge is 0.309 e. The fourth-order valence-corrected chi connectivity index (χ4v) is 2.87. The molecule has 3 rings (SSSR count). The number of aromatic nitrogens is 3. The lowest BCUT2D eigenvalue weighted by Crippen LogP contribution is -2.38. The second-order valence-electron chi connectivity index (χ2n) is 5.43. The highest BCUT2D eigenvalue weighted by Crippen LogP contribution is 2.25. The normalized spacial score (nSPS) is 16.4. The number of carbonyl (C=O) groups is 1. The van der Waals surface area contributed by atoms with E-state index in [0.717, 1.165) is 43.0 Å². The Morgan fingerprint density at radius 3 is 2.86 bits per heavy atom. The third-order valence-corrected chi connectivity index (χ3v) is 3.94. The molecule has 0 radical (unpaired) electrons. The highest BCUT2D eigenvalue weighted by Gasteiger charge is 2.27. The molecule has 2 aromatic rings. The first-order chi connectivity index (χ1) is 10.2. The standard InChI is InChI=1S/C15H20N4O2/c1-3-21-15(20)12-4-6-18(7-5-12)14-9-11(2)8-13-16-10-17-19(13)14/h8-10,12H,3-7H2,1-2H3. The highest BCUT2D eigenvalue weighted by molar-refractivity contribution is 5.72. The molecule has 1 saturated heterocycles. The van der Waals surface area contributed by atoms with Crippen molar-refractivity contribution < 1.29 is 9.53 Å². The Morgan fingerprint density at radius 2 is 2.14 bits per heavy atom. The summed E-state index contributed by atoms with van der Waals surface area (Å²) in [6.07, 6.45) is 3.22. The number of hydrogen-bond donors (Lipinski definition) is 0. The van der Waals surface area contributed by atoms with Crippen LogP contribution < -0.4 is 4.90 Å². The van der Waals surface area contributed by atoms with Gasteiger partial charge in [0.1, 0.15) is 12.1 Å². The van der Waals surface area contributed by atoms with Crippen molar-refractivity contribution in [1.29, 1.82) is 0 Å². The van der Waals surface area contributed by atoms with Crippen molar-refractivity contribution in [3.8, 4) is 0 Å². The molecule has 0 spiro atoms. The minimum Gasteiger partial charge on any atom is -0.466 e. The lowest BCUT2D eigenvalue weighted by atomic mass is 9.97. The molecule has 0 atom stereocenters. The summed E-state index contributed by atoms with van der Waals surface area (Å²) in [5.74, 6) is 1.01. The van der Waals surface area contributed by atoms with Crippen molar-refractivity contribution >= 4 is 17.4 Å². The minimum atomic E-state index is -0.0627. The summed E-state index contributed by atoms with van der Waals surface area (Å²) in [4.78, 5) is 18.3. The number of nitrogens with zero attached hydrogens (tertiary/aromatic N) is 4. The highest BCUT2D eigenvalue weighted by atomic mass is 16.5. The molecule has 0 aliphatic carbocycles. The van der Waals surface area contributed by atoms with E-state index in [1.54, 1.807) is 6.33 Å². The van der Waals surface area contributed by atoms with Crippen molar-refractivity contribution in [2.75, 3.05) is 24.6 Å². The van der Waals surface area contributed by atoms with Gasteiger partial charge >= 0.3 is 5.97 Å². The van der Waals surface area contributed by atoms with Crippen LogP contribution in [0.25, 0.3) is 5.65 Å². The van der Waals surface area contributed by atoms with Gasteiger partial charge in [0.2, 0.25) is 0 Å². The van der Waals surface area contributed by atoms with Crippen molar-refractivity contribution in [3.05, 3.63) is 24.0 Å². The van der Waals surface area contributed by atoms with E-state index in [4.69, 9.17) is 4.74 Å². The van der Waals surface area contributed by atoms with Gasteiger partial charge in [-0.15, -0.1) is 0 Å². The quantitative estimate of drug-likeness (QED) is 0.806. The summed E-state index contributed by atoms with van der Waals surface area (Å²) >= 11 is 0. The molecule has 0 unspecified atom stereocenters. The first kappa shape index (κ1) is 13.9. The maximum absolute atomic E-state index is 11.8. The zero-order chi connectivity index (χ0) is 14.8. The average Bonchev–Trinajstić information content (AvgIpc) is 2.95. The number of ether oxygens (including phenoxy) is 1. The van der Waals surface area contributed by atoms with E-state index < -0.39 is 0 Å². The summed E-state index contributed by atoms with van der Waals surface area (Å²) in [5.41, 5.74) is 2.02. The van der Waals surface area contributed by atoms with E-state index in [0.29, 0.717) is 6.61 Å². The van der Waals surface area contributed by atoms with Gasteiger partial charge in [0.15, 0.2) is 5.65 Å². The molecule has 0 amide bonds. The van der Waals surface area contributed by atoms with E-state index in [1.165, 1.54) is 0 Å². The monoisotopic (exact) mass is 288 g/mol. The van der Waals surface area contributed by atoms with E-state index in [-0.39, 0.29) is 11.9 Å². The Hall–Kier alpha value is -2.11. The molecule has 6 nitrogen and oxygen atoms in total. The number of pyridine rings is 1. The molecular weight excluding hydrogens is 268 g/mol. The molecule has 6 heteroatoms. The zero-order valence-corrected chi connectivity index (χ0v) is 12.5. The van der Waals surface area contributed by atoms with Crippen LogP contribution in [0.4, 0.5) is 5.82 Å². The van der Waals surface area contributed by atoms with Crippen LogP contribution in [0.15, 0.2) is 18.5 Å².